The fourth-order valence-corrected chi connectivity index (χ4v) is 1.61. The van der Waals surface area contributed by atoms with Gasteiger partial charge in [-0.2, -0.15) is 13.2 Å². The quantitative estimate of drug-likeness (QED) is 0.915. The molecule has 0 unspecified atom stereocenters. The van der Waals surface area contributed by atoms with E-state index in [0.717, 1.165) is 5.39 Å². The van der Waals surface area contributed by atoms with Crippen molar-refractivity contribution in [1.29, 1.82) is 0 Å². The maximum atomic E-state index is 12.1. The third-order valence-electron chi connectivity index (χ3n) is 2.43. The smallest absolute Gasteiger partial charge is 0.405 e. The first-order valence-electron chi connectivity index (χ1n) is 5.23. The first-order valence-corrected chi connectivity index (χ1v) is 5.23. The van der Waals surface area contributed by atoms with Crippen molar-refractivity contribution < 1.29 is 17.9 Å². The minimum absolute atomic E-state index is 0.215. The molecule has 1 heterocycles. The fraction of sp³-hybridized carbons (Fsp3) is 0.250. The molecule has 3 nitrogen and oxygen atoms in total. The summed E-state index contributed by atoms with van der Waals surface area (Å²) in [6.07, 6.45) is -2.81. The third-order valence-corrected chi connectivity index (χ3v) is 2.43. The molecule has 96 valence electrons. The summed E-state index contributed by atoms with van der Waals surface area (Å²) in [6.45, 7) is -1.11. The van der Waals surface area contributed by atoms with Crippen molar-refractivity contribution in [3.05, 3.63) is 30.5 Å². The Bertz CT molecular complexity index is 555. The first kappa shape index (κ1) is 12.5. The molecule has 0 aliphatic rings. The van der Waals surface area contributed by atoms with Gasteiger partial charge in [-0.1, -0.05) is 0 Å². The zero-order valence-corrected chi connectivity index (χ0v) is 9.58. The number of halogens is 3. The number of alkyl halides is 3. The topological polar surface area (TPSA) is 34.1 Å². The molecule has 2 aromatic rings. The number of rotatable bonds is 3. The highest BCUT2D eigenvalue weighted by Gasteiger charge is 2.27. The lowest BCUT2D eigenvalue weighted by atomic mass is 10.1. The van der Waals surface area contributed by atoms with Gasteiger partial charge in [0.2, 0.25) is 0 Å². The molecule has 0 spiro atoms. The van der Waals surface area contributed by atoms with E-state index < -0.39 is 12.7 Å². The summed E-state index contributed by atoms with van der Waals surface area (Å²) < 4.78 is 41.5. The molecule has 1 aromatic heterocycles. The van der Waals surface area contributed by atoms with Gasteiger partial charge in [0.05, 0.1) is 7.11 Å². The number of ether oxygens (including phenoxy) is 1. The van der Waals surface area contributed by atoms with Crippen LogP contribution in [0.2, 0.25) is 0 Å². The summed E-state index contributed by atoms with van der Waals surface area (Å²) >= 11 is 0. The van der Waals surface area contributed by atoms with Crippen molar-refractivity contribution in [2.75, 3.05) is 19.0 Å². The molecule has 6 heteroatoms. The molecule has 0 fully saturated rings. The maximum Gasteiger partial charge on any atom is 0.405 e. The molecule has 1 N–H and O–H groups in total. The molecule has 0 saturated carbocycles. The number of nitrogens with one attached hydrogen (secondary N) is 1. The Labute approximate surface area is 102 Å². The Hall–Kier alpha value is -1.98. The summed E-state index contributed by atoms with van der Waals surface area (Å²) in [6, 6.07) is 6.83. The molecule has 1 aromatic carbocycles. The van der Waals surface area contributed by atoms with E-state index >= 15 is 0 Å². The number of aromatic nitrogens is 1. The lowest BCUT2D eigenvalue weighted by Crippen LogP contribution is -2.21. The van der Waals surface area contributed by atoms with Gasteiger partial charge in [0, 0.05) is 11.6 Å². The van der Waals surface area contributed by atoms with Crippen molar-refractivity contribution in [3.8, 4) is 5.75 Å². The second-order valence-electron chi connectivity index (χ2n) is 3.72. The van der Waals surface area contributed by atoms with Crippen molar-refractivity contribution in [1.82, 2.24) is 4.98 Å². The van der Waals surface area contributed by atoms with Crippen LogP contribution < -0.4 is 10.1 Å². The minimum atomic E-state index is -4.27. The number of hydrogen-bond acceptors (Lipinski definition) is 3. The van der Waals surface area contributed by atoms with Crippen LogP contribution >= 0.6 is 0 Å². The monoisotopic (exact) mass is 256 g/mol. The average Bonchev–Trinajstić information content (AvgIpc) is 2.34. The fourth-order valence-electron chi connectivity index (χ4n) is 1.61. The Balaban J connectivity index is 2.34. The Morgan fingerprint density at radius 2 is 2.06 bits per heavy atom. The summed E-state index contributed by atoms with van der Waals surface area (Å²) in [5.74, 6) is 0.864. The first-order chi connectivity index (χ1) is 8.49. The maximum absolute atomic E-state index is 12.1. The van der Waals surface area contributed by atoms with Gasteiger partial charge >= 0.3 is 6.18 Å². The highest BCUT2D eigenvalue weighted by Crippen LogP contribution is 2.26. The molecule has 0 saturated heterocycles. The summed E-state index contributed by atoms with van der Waals surface area (Å²) in [4.78, 5) is 3.91. The molecular formula is C12H11F3N2O. The van der Waals surface area contributed by atoms with E-state index in [1.807, 2.05) is 0 Å². The van der Waals surface area contributed by atoms with Crippen LogP contribution in [0.4, 0.5) is 19.0 Å². The van der Waals surface area contributed by atoms with Crippen LogP contribution in [-0.2, 0) is 0 Å². The number of methoxy groups -OCH3 is 1. The largest absolute Gasteiger partial charge is 0.497 e. The lowest BCUT2D eigenvalue weighted by molar-refractivity contribution is -0.115. The highest BCUT2D eigenvalue weighted by molar-refractivity contribution is 5.92. The van der Waals surface area contributed by atoms with Crippen LogP contribution in [-0.4, -0.2) is 24.8 Å². The summed E-state index contributed by atoms with van der Waals surface area (Å²) in [5, 5.41) is 3.69. The molecule has 0 aliphatic heterocycles. The van der Waals surface area contributed by atoms with Crippen LogP contribution in [0.3, 0.4) is 0 Å². The second-order valence-corrected chi connectivity index (χ2v) is 3.72. The number of benzene rings is 1. The zero-order chi connectivity index (χ0) is 13.2. The van der Waals surface area contributed by atoms with Crippen molar-refractivity contribution in [2.45, 2.75) is 6.18 Å². The van der Waals surface area contributed by atoms with E-state index in [1.165, 1.54) is 13.3 Å². The van der Waals surface area contributed by atoms with Gasteiger partial charge in [-0.15, -0.1) is 0 Å². The molecular weight excluding hydrogens is 245 g/mol. The Kier molecular flexibility index (Phi) is 3.27. The zero-order valence-electron chi connectivity index (χ0n) is 9.58. The van der Waals surface area contributed by atoms with Crippen molar-refractivity contribution in [2.24, 2.45) is 0 Å². The van der Waals surface area contributed by atoms with E-state index in [0.29, 0.717) is 11.1 Å². The standard InChI is InChI=1S/C12H11F3N2O/c1-18-9-2-3-10-8(6-9)4-5-16-11(10)17-7-12(13,14)15/h2-6H,7H2,1H3,(H,16,17). The van der Waals surface area contributed by atoms with Crippen molar-refractivity contribution >= 4 is 16.6 Å². The average molecular weight is 256 g/mol. The van der Waals surface area contributed by atoms with E-state index in [2.05, 4.69) is 10.3 Å². The Morgan fingerprint density at radius 1 is 1.28 bits per heavy atom. The van der Waals surface area contributed by atoms with Gasteiger partial charge in [-0.05, 0) is 29.7 Å². The molecule has 2 rings (SSSR count). The van der Waals surface area contributed by atoms with Crippen molar-refractivity contribution in [3.63, 3.8) is 0 Å². The predicted octanol–water partition coefficient (Wildman–Crippen LogP) is 3.22. The molecule has 0 amide bonds. The van der Waals surface area contributed by atoms with Gasteiger partial charge in [-0.25, -0.2) is 4.98 Å². The van der Waals surface area contributed by atoms with Crippen LogP contribution in [0.5, 0.6) is 5.75 Å². The SMILES string of the molecule is COc1ccc2c(NCC(F)(F)F)nccc2c1. The van der Waals surface area contributed by atoms with Crippen LogP contribution in [0.15, 0.2) is 30.5 Å². The molecule has 0 radical (unpaired) electrons. The van der Waals surface area contributed by atoms with Crippen LogP contribution in [0, 0.1) is 0 Å². The van der Waals surface area contributed by atoms with Gasteiger partial charge in [-0.3, -0.25) is 0 Å². The molecule has 0 bridgehead atoms. The van der Waals surface area contributed by atoms with E-state index in [1.54, 1.807) is 24.3 Å². The number of pyridine rings is 1. The van der Waals surface area contributed by atoms with E-state index in [9.17, 15) is 13.2 Å². The number of hydrogen-bond donors (Lipinski definition) is 1. The van der Waals surface area contributed by atoms with E-state index in [4.69, 9.17) is 4.74 Å². The molecule has 0 aliphatic carbocycles. The summed E-state index contributed by atoms with van der Waals surface area (Å²) in [7, 11) is 1.53. The van der Waals surface area contributed by atoms with E-state index in [-0.39, 0.29) is 5.82 Å². The minimum Gasteiger partial charge on any atom is -0.497 e. The highest BCUT2D eigenvalue weighted by atomic mass is 19.4. The van der Waals surface area contributed by atoms with Crippen LogP contribution in [0.25, 0.3) is 10.8 Å². The number of fused-ring (bicyclic) bond motifs is 1. The molecule has 18 heavy (non-hydrogen) atoms. The lowest BCUT2D eigenvalue weighted by Gasteiger charge is -2.11. The summed E-state index contributed by atoms with van der Waals surface area (Å²) in [5.41, 5.74) is 0. The van der Waals surface area contributed by atoms with Gasteiger partial charge in [0.25, 0.3) is 0 Å². The number of nitrogens with zero attached hydrogens (tertiary/aromatic N) is 1. The van der Waals surface area contributed by atoms with Gasteiger partial charge in [0.1, 0.15) is 18.1 Å². The Morgan fingerprint density at radius 3 is 2.72 bits per heavy atom. The normalized spacial score (nSPS) is 11.6. The van der Waals surface area contributed by atoms with Crippen LogP contribution in [0.1, 0.15) is 0 Å². The van der Waals surface area contributed by atoms with Gasteiger partial charge in [0.15, 0.2) is 0 Å². The number of anilines is 1. The third kappa shape index (κ3) is 2.82. The molecule has 0 atom stereocenters. The second kappa shape index (κ2) is 4.72. The van der Waals surface area contributed by atoms with Gasteiger partial charge < -0.3 is 10.1 Å². The predicted molar refractivity (Wildman–Crippen MR) is 62.8 cm³/mol.